The number of amides is 2. The summed E-state index contributed by atoms with van der Waals surface area (Å²) in [6.07, 6.45) is 10.3. The van der Waals surface area contributed by atoms with Crippen molar-refractivity contribution in [2.24, 2.45) is 10.2 Å². The third-order valence-corrected chi connectivity index (χ3v) is 5.83. The third-order valence-electron chi connectivity index (χ3n) is 4.35. The summed E-state index contributed by atoms with van der Waals surface area (Å²) in [5.41, 5.74) is 6.94. The summed E-state index contributed by atoms with van der Waals surface area (Å²) in [6, 6.07) is 15.9. The first-order valence-corrected chi connectivity index (χ1v) is 12.5. The van der Waals surface area contributed by atoms with Crippen molar-refractivity contribution in [1.29, 1.82) is 0 Å². The van der Waals surface area contributed by atoms with Gasteiger partial charge in [-0.2, -0.15) is 10.2 Å². The number of rotatable bonds is 12. The molecule has 0 heterocycles. The Morgan fingerprint density at radius 1 is 0.710 bits per heavy atom. The molecule has 0 aromatic heterocycles. The van der Waals surface area contributed by atoms with Gasteiger partial charge in [-0.15, -0.1) is 23.5 Å². The first-order chi connectivity index (χ1) is 15.1. The van der Waals surface area contributed by atoms with Crippen molar-refractivity contribution in [2.45, 2.75) is 41.9 Å². The van der Waals surface area contributed by atoms with Gasteiger partial charge in [-0.1, -0.05) is 30.7 Å². The fourth-order valence-electron chi connectivity index (χ4n) is 2.60. The van der Waals surface area contributed by atoms with Gasteiger partial charge in [0.2, 0.25) is 11.8 Å². The van der Waals surface area contributed by atoms with Crippen molar-refractivity contribution >= 4 is 47.8 Å². The number of benzene rings is 2. The summed E-state index contributed by atoms with van der Waals surface area (Å²) in [5.74, 6) is -0.253. The van der Waals surface area contributed by atoms with E-state index in [0.29, 0.717) is 25.7 Å². The van der Waals surface area contributed by atoms with Crippen LogP contribution in [0.1, 0.15) is 43.2 Å². The minimum Gasteiger partial charge on any atom is -0.273 e. The lowest BCUT2D eigenvalue weighted by molar-refractivity contribution is -0.121. The minimum atomic E-state index is -0.126. The zero-order valence-electron chi connectivity index (χ0n) is 17.8. The number of carbonyl (C=O) groups excluding carboxylic acids is 2. The largest absolute Gasteiger partial charge is 0.273 e. The highest BCUT2D eigenvalue weighted by Crippen LogP contribution is 2.14. The zero-order chi connectivity index (χ0) is 22.3. The van der Waals surface area contributed by atoms with Crippen LogP contribution in [0.3, 0.4) is 0 Å². The van der Waals surface area contributed by atoms with E-state index in [1.165, 1.54) is 9.79 Å². The molecule has 0 radical (unpaired) electrons. The second-order valence-electron chi connectivity index (χ2n) is 6.69. The van der Waals surface area contributed by atoms with Gasteiger partial charge in [0, 0.05) is 22.6 Å². The summed E-state index contributed by atoms with van der Waals surface area (Å²) < 4.78 is 0. The molecule has 8 heteroatoms. The van der Waals surface area contributed by atoms with Crippen molar-refractivity contribution in [3.05, 3.63) is 59.7 Å². The SMILES string of the molecule is CSc1ccc(C=NNC(=O)CCCCCC(=O)NN=Cc2ccc(SC)cc2)cc1. The average molecular weight is 457 g/mol. The molecule has 2 amide bonds. The topological polar surface area (TPSA) is 82.9 Å². The lowest BCUT2D eigenvalue weighted by Crippen LogP contribution is -2.18. The molecule has 0 fully saturated rings. The van der Waals surface area contributed by atoms with Crippen LogP contribution < -0.4 is 10.9 Å². The van der Waals surface area contributed by atoms with E-state index in [1.54, 1.807) is 36.0 Å². The molecule has 2 aromatic rings. The summed E-state index contributed by atoms with van der Waals surface area (Å²) in [5, 5.41) is 7.96. The minimum absolute atomic E-state index is 0.126. The molecule has 0 spiro atoms. The van der Waals surface area contributed by atoms with Gasteiger partial charge in [-0.3, -0.25) is 9.59 Å². The third kappa shape index (κ3) is 10.3. The van der Waals surface area contributed by atoms with Gasteiger partial charge in [0.1, 0.15) is 0 Å². The molecule has 2 aromatic carbocycles. The Labute approximate surface area is 192 Å². The molecule has 0 unspecified atom stereocenters. The number of nitrogens with one attached hydrogen (secondary N) is 2. The van der Waals surface area contributed by atoms with Gasteiger partial charge in [-0.05, 0) is 60.7 Å². The molecule has 31 heavy (non-hydrogen) atoms. The van der Waals surface area contributed by atoms with Crippen molar-refractivity contribution in [2.75, 3.05) is 12.5 Å². The second-order valence-corrected chi connectivity index (χ2v) is 8.45. The maximum Gasteiger partial charge on any atom is 0.240 e. The first-order valence-electron chi connectivity index (χ1n) is 10.0. The molecule has 2 N–H and O–H groups in total. The van der Waals surface area contributed by atoms with Crippen LogP contribution in [0, 0.1) is 0 Å². The molecule has 2 rings (SSSR count). The Bertz CT molecular complexity index is 808. The van der Waals surface area contributed by atoms with Crippen molar-refractivity contribution < 1.29 is 9.59 Å². The Kier molecular flexibility index (Phi) is 11.5. The van der Waals surface area contributed by atoms with Crippen molar-refractivity contribution in [3.8, 4) is 0 Å². The predicted molar refractivity (Wildman–Crippen MR) is 131 cm³/mol. The zero-order valence-corrected chi connectivity index (χ0v) is 19.5. The van der Waals surface area contributed by atoms with Gasteiger partial charge in [0.15, 0.2) is 0 Å². The molecular formula is C23H28N4O2S2. The Morgan fingerprint density at radius 3 is 1.45 bits per heavy atom. The average Bonchev–Trinajstić information content (AvgIpc) is 2.80. The maximum absolute atomic E-state index is 11.8. The Morgan fingerprint density at radius 2 is 1.10 bits per heavy atom. The summed E-state index contributed by atoms with van der Waals surface area (Å²) in [7, 11) is 0. The molecule has 0 aliphatic carbocycles. The highest BCUT2D eigenvalue weighted by molar-refractivity contribution is 7.98. The fourth-order valence-corrected chi connectivity index (χ4v) is 3.41. The second kappa shape index (κ2) is 14.4. The van der Waals surface area contributed by atoms with Crippen LogP contribution in [-0.2, 0) is 9.59 Å². The van der Waals surface area contributed by atoms with Gasteiger partial charge >= 0.3 is 0 Å². The molecule has 0 aliphatic heterocycles. The van der Waals surface area contributed by atoms with Crippen LogP contribution in [0.15, 0.2) is 68.5 Å². The highest BCUT2D eigenvalue weighted by atomic mass is 32.2. The van der Waals surface area contributed by atoms with Gasteiger partial charge in [0.05, 0.1) is 12.4 Å². The van der Waals surface area contributed by atoms with Crippen LogP contribution in [0.2, 0.25) is 0 Å². The smallest absolute Gasteiger partial charge is 0.240 e. The van der Waals surface area contributed by atoms with E-state index in [1.807, 2.05) is 61.0 Å². The summed E-state index contributed by atoms with van der Waals surface area (Å²) >= 11 is 3.36. The lowest BCUT2D eigenvalue weighted by atomic mass is 10.1. The number of thioether (sulfide) groups is 2. The van der Waals surface area contributed by atoms with E-state index in [4.69, 9.17) is 0 Å². The van der Waals surface area contributed by atoms with Gasteiger partial charge in [-0.25, -0.2) is 10.9 Å². The van der Waals surface area contributed by atoms with Crippen LogP contribution >= 0.6 is 23.5 Å². The molecule has 164 valence electrons. The van der Waals surface area contributed by atoms with Gasteiger partial charge in [0.25, 0.3) is 0 Å². The standard InChI is InChI=1S/C23H28N4O2S2/c1-30-20-12-8-18(9-13-20)16-24-26-22(28)6-4-3-5-7-23(29)27-25-17-19-10-14-21(31-2)15-11-19/h8-17H,3-7H2,1-2H3,(H,26,28)(H,27,29). The highest BCUT2D eigenvalue weighted by Gasteiger charge is 2.02. The fraction of sp³-hybridized carbons (Fsp3) is 0.304. The number of unbranched alkanes of at least 4 members (excludes halogenated alkanes) is 2. The maximum atomic E-state index is 11.8. The number of hydrazone groups is 2. The quantitative estimate of drug-likeness (QED) is 0.210. The number of nitrogens with zero attached hydrogens (tertiary/aromatic N) is 2. The Balaban J connectivity index is 1.54. The molecular weight excluding hydrogens is 428 g/mol. The lowest BCUT2D eigenvalue weighted by Gasteiger charge is -2.02. The van der Waals surface area contributed by atoms with E-state index in [2.05, 4.69) is 21.1 Å². The number of carbonyl (C=O) groups is 2. The summed E-state index contributed by atoms with van der Waals surface area (Å²) in [4.78, 5) is 26.0. The van der Waals surface area contributed by atoms with Crippen LogP contribution in [0.5, 0.6) is 0 Å². The first kappa shape index (κ1) is 24.7. The van der Waals surface area contributed by atoms with E-state index >= 15 is 0 Å². The van der Waals surface area contributed by atoms with Crippen LogP contribution in [0.25, 0.3) is 0 Å². The van der Waals surface area contributed by atoms with Crippen molar-refractivity contribution in [1.82, 2.24) is 10.9 Å². The Hall–Kier alpha value is -2.58. The summed E-state index contributed by atoms with van der Waals surface area (Å²) in [6.45, 7) is 0. The molecule has 0 atom stereocenters. The predicted octanol–water partition coefficient (Wildman–Crippen LogP) is 4.68. The monoisotopic (exact) mass is 456 g/mol. The molecule has 0 saturated carbocycles. The van der Waals surface area contributed by atoms with Crippen LogP contribution in [0.4, 0.5) is 0 Å². The van der Waals surface area contributed by atoms with Crippen LogP contribution in [-0.4, -0.2) is 36.8 Å². The van der Waals surface area contributed by atoms with E-state index in [-0.39, 0.29) is 11.8 Å². The number of hydrogen-bond donors (Lipinski definition) is 2. The van der Waals surface area contributed by atoms with Gasteiger partial charge < -0.3 is 0 Å². The van der Waals surface area contributed by atoms with E-state index < -0.39 is 0 Å². The molecule has 0 saturated heterocycles. The molecule has 6 nitrogen and oxygen atoms in total. The van der Waals surface area contributed by atoms with E-state index in [0.717, 1.165) is 17.5 Å². The molecule has 0 aliphatic rings. The van der Waals surface area contributed by atoms with Crippen molar-refractivity contribution in [3.63, 3.8) is 0 Å². The normalized spacial score (nSPS) is 11.2. The molecule has 0 bridgehead atoms. The number of hydrogen-bond acceptors (Lipinski definition) is 6. The van der Waals surface area contributed by atoms with E-state index in [9.17, 15) is 9.59 Å².